The van der Waals surface area contributed by atoms with E-state index >= 15 is 0 Å². The van der Waals surface area contributed by atoms with Crippen LogP contribution in [0.4, 0.5) is 16.3 Å². The molecule has 0 saturated carbocycles. The highest BCUT2D eigenvalue weighted by Crippen LogP contribution is 2.34. The average Bonchev–Trinajstić information content (AvgIpc) is 3.18. The fraction of sp³-hybridized carbons (Fsp3) is 0.375. The van der Waals surface area contributed by atoms with Crippen molar-refractivity contribution in [2.24, 2.45) is 0 Å². The molecular formula is C16H20N4OS. The summed E-state index contributed by atoms with van der Waals surface area (Å²) in [5, 5.41) is 5.02. The van der Waals surface area contributed by atoms with Crippen LogP contribution in [0.2, 0.25) is 0 Å². The monoisotopic (exact) mass is 316 g/mol. The molecule has 0 bridgehead atoms. The van der Waals surface area contributed by atoms with Crippen molar-refractivity contribution in [2.45, 2.75) is 18.9 Å². The van der Waals surface area contributed by atoms with Gasteiger partial charge in [0.05, 0.1) is 17.9 Å². The Morgan fingerprint density at radius 1 is 1.41 bits per heavy atom. The van der Waals surface area contributed by atoms with Gasteiger partial charge >= 0.3 is 6.03 Å². The van der Waals surface area contributed by atoms with Gasteiger partial charge in [0.2, 0.25) is 0 Å². The zero-order chi connectivity index (χ0) is 15.5. The first kappa shape index (κ1) is 14.8. The highest BCUT2D eigenvalue weighted by Gasteiger charge is 2.30. The number of anilines is 2. The summed E-state index contributed by atoms with van der Waals surface area (Å²) in [6, 6.07) is 8.09. The van der Waals surface area contributed by atoms with Gasteiger partial charge in [-0.25, -0.2) is 9.78 Å². The molecule has 5 nitrogen and oxygen atoms in total. The van der Waals surface area contributed by atoms with E-state index in [2.05, 4.69) is 21.7 Å². The Bertz CT molecular complexity index is 624. The van der Waals surface area contributed by atoms with Crippen LogP contribution in [-0.4, -0.2) is 36.6 Å². The largest absolute Gasteiger partial charge is 0.363 e. The predicted molar refractivity (Wildman–Crippen MR) is 90.6 cm³/mol. The van der Waals surface area contributed by atoms with Crippen molar-refractivity contribution >= 4 is 28.9 Å². The zero-order valence-corrected chi connectivity index (χ0v) is 13.6. The van der Waals surface area contributed by atoms with E-state index in [1.54, 1.807) is 17.5 Å². The highest BCUT2D eigenvalue weighted by molar-refractivity contribution is 7.10. The van der Waals surface area contributed by atoms with Crippen molar-refractivity contribution in [3.8, 4) is 0 Å². The van der Waals surface area contributed by atoms with Crippen LogP contribution in [-0.2, 0) is 0 Å². The van der Waals surface area contributed by atoms with Gasteiger partial charge in [0.1, 0.15) is 5.82 Å². The van der Waals surface area contributed by atoms with Gasteiger partial charge in [-0.3, -0.25) is 0 Å². The second-order valence-corrected chi connectivity index (χ2v) is 6.58. The topological polar surface area (TPSA) is 48.5 Å². The van der Waals surface area contributed by atoms with Crippen LogP contribution in [0.25, 0.3) is 0 Å². The van der Waals surface area contributed by atoms with E-state index in [0.29, 0.717) is 0 Å². The molecule has 2 amide bonds. The van der Waals surface area contributed by atoms with Crippen LogP contribution in [0.5, 0.6) is 0 Å². The Hall–Kier alpha value is -2.08. The van der Waals surface area contributed by atoms with E-state index < -0.39 is 0 Å². The number of carbonyl (C=O) groups excluding carboxylic acids is 1. The first-order chi connectivity index (χ1) is 10.6. The van der Waals surface area contributed by atoms with Crippen molar-refractivity contribution in [3.05, 3.63) is 40.7 Å². The number of amides is 2. The van der Waals surface area contributed by atoms with E-state index in [4.69, 9.17) is 0 Å². The summed E-state index contributed by atoms with van der Waals surface area (Å²) < 4.78 is 0. The molecule has 3 heterocycles. The van der Waals surface area contributed by atoms with Crippen molar-refractivity contribution < 1.29 is 4.79 Å². The summed E-state index contributed by atoms with van der Waals surface area (Å²) in [5.41, 5.74) is 0.729. The van der Waals surface area contributed by atoms with Gasteiger partial charge in [0, 0.05) is 25.5 Å². The molecule has 22 heavy (non-hydrogen) atoms. The Morgan fingerprint density at radius 2 is 2.27 bits per heavy atom. The van der Waals surface area contributed by atoms with Gasteiger partial charge < -0.3 is 15.1 Å². The Balaban J connectivity index is 1.68. The maximum absolute atomic E-state index is 12.5. The number of likely N-dealkylation sites (tertiary alicyclic amines) is 1. The standard InChI is InChI=1S/C16H20N4OS/c1-19(2)15-8-7-12(11-17-15)18-16(21)20-9-3-5-13(20)14-6-4-10-22-14/h4,6-8,10-11,13H,3,5,9H2,1-2H3,(H,18,21)/t13-/m0/s1. The molecule has 3 rings (SSSR count). The molecule has 2 aromatic heterocycles. The van der Waals surface area contributed by atoms with Crippen molar-refractivity contribution in [3.63, 3.8) is 0 Å². The number of hydrogen-bond acceptors (Lipinski definition) is 4. The average molecular weight is 316 g/mol. The molecule has 1 aliphatic rings. The normalized spacial score (nSPS) is 17.5. The van der Waals surface area contributed by atoms with E-state index in [1.807, 2.05) is 42.1 Å². The first-order valence-electron chi connectivity index (χ1n) is 7.39. The number of pyridine rings is 1. The lowest BCUT2D eigenvalue weighted by molar-refractivity contribution is 0.208. The molecule has 1 aliphatic heterocycles. The number of urea groups is 1. The molecule has 0 radical (unpaired) electrons. The summed E-state index contributed by atoms with van der Waals surface area (Å²) in [6.07, 6.45) is 3.78. The minimum absolute atomic E-state index is 0.0460. The van der Waals surface area contributed by atoms with Crippen LogP contribution >= 0.6 is 11.3 Å². The summed E-state index contributed by atoms with van der Waals surface area (Å²) in [4.78, 5) is 22.0. The lowest BCUT2D eigenvalue weighted by atomic mass is 10.2. The molecule has 0 aromatic carbocycles. The Kier molecular flexibility index (Phi) is 4.29. The zero-order valence-electron chi connectivity index (χ0n) is 12.8. The fourth-order valence-corrected chi connectivity index (χ4v) is 3.58. The number of nitrogens with zero attached hydrogens (tertiary/aromatic N) is 3. The molecule has 116 valence electrons. The van der Waals surface area contributed by atoms with Crippen LogP contribution in [0.15, 0.2) is 35.8 Å². The smallest absolute Gasteiger partial charge is 0.322 e. The number of thiophene rings is 1. The molecule has 0 unspecified atom stereocenters. The molecule has 1 fully saturated rings. The van der Waals surface area contributed by atoms with Crippen molar-refractivity contribution in [2.75, 3.05) is 30.9 Å². The molecule has 1 atom stereocenters. The molecule has 6 heteroatoms. The van der Waals surface area contributed by atoms with Gasteiger partial charge in [-0.15, -0.1) is 11.3 Å². The third-order valence-electron chi connectivity index (χ3n) is 3.84. The van der Waals surface area contributed by atoms with E-state index in [1.165, 1.54) is 4.88 Å². The molecular weight excluding hydrogens is 296 g/mol. The number of rotatable bonds is 3. The third-order valence-corrected chi connectivity index (χ3v) is 4.82. The van der Waals surface area contributed by atoms with Gasteiger partial charge in [0.15, 0.2) is 0 Å². The summed E-state index contributed by atoms with van der Waals surface area (Å²) in [6.45, 7) is 0.803. The maximum atomic E-state index is 12.5. The molecule has 1 N–H and O–H groups in total. The molecule has 0 spiro atoms. The molecule has 2 aromatic rings. The number of carbonyl (C=O) groups is 1. The summed E-state index contributed by atoms with van der Waals surface area (Å²) >= 11 is 1.71. The lowest BCUT2D eigenvalue weighted by Crippen LogP contribution is -2.34. The van der Waals surface area contributed by atoms with E-state index in [9.17, 15) is 4.79 Å². The molecule has 1 saturated heterocycles. The third kappa shape index (κ3) is 3.06. The molecule has 0 aliphatic carbocycles. The van der Waals surface area contributed by atoms with Gasteiger partial charge in [0.25, 0.3) is 0 Å². The minimum atomic E-state index is -0.0460. The summed E-state index contributed by atoms with van der Waals surface area (Å²) in [7, 11) is 3.88. The van der Waals surface area contributed by atoms with Gasteiger partial charge in [-0.05, 0) is 36.4 Å². The Morgan fingerprint density at radius 3 is 2.91 bits per heavy atom. The fourth-order valence-electron chi connectivity index (χ4n) is 2.71. The van der Waals surface area contributed by atoms with Crippen LogP contribution in [0, 0.1) is 0 Å². The second kappa shape index (κ2) is 6.36. The van der Waals surface area contributed by atoms with E-state index in [0.717, 1.165) is 30.9 Å². The number of hydrogen-bond donors (Lipinski definition) is 1. The summed E-state index contributed by atoms with van der Waals surface area (Å²) in [5.74, 6) is 0.871. The Labute approximate surface area is 134 Å². The SMILES string of the molecule is CN(C)c1ccc(NC(=O)N2CCC[C@H]2c2cccs2)cn1. The minimum Gasteiger partial charge on any atom is -0.363 e. The first-order valence-corrected chi connectivity index (χ1v) is 8.27. The van der Waals surface area contributed by atoms with E-state index in [-0.39, 0.29) is 12.1 Å². The van der Waals surface area contributed by atoms with Gasteiger partial charge in [-0.2, -0.15) is 0 Å². The maximum Gasteiger partial charge on any atom is 0.322 e. The van der Waals surface area contributed by atoms with Crippen LogP contribution in [0.1, 0.15) is 23.8 Å². The lowest BCUT2D eigenvalue weighted by Gasteiger charge is -2.24. The second-order valence-electron chi connectivity index (χ2n) is 5.60. The highest BCUT2D eigenvalue weighted by atomic mass is 32.1. The van der Waals surface area contributed by atoms with Crippen LogP contribution in [0.3, 0.4) is 0 Å². The number of nitrogens with one attached hydrogen (secondary N) is 1. The quantitative estimate of drug-likeness (QED) is 0.941. The van der Waals surface area contributed by atoms with Gasteiger partial charge in [-0.1, -0.05) is 6.07 Å². The predicted octanol–water partition coefficient (Wildman–Crippen LogP) is 3.58. The number of aromatic nitrogens is 1. The van der Waals surface area contributed by atoms with Crippen LogP contribution < -0.4 is 10.2 Å². The van der Waals surface area contributed by atoms with Crippen molar-refractivity contribution in [1.29, 1.82) is 0 Å². The van der Waals surface area contributed by atoms with Crippen molar-refractivity contribution in [1.82, 2.24) is 9.88 Å².